The molecular weight excluding hydrogens is 282 g/mol. The number of carbonyl (C=O) groups excluding carboxylic acids is 1. The number of amides is 1. The fourth-order valence-corrected chi connectivity index (χ4v) is 2.53. The Bertz CT molecular complexity index is 431. The summed E-state index contributed by atoms with van der Waals surface area (Å²) in [7, 11) is 0. The molecular formula is C18H28ClNO. The summed E-state index contributed by atoms with van der Waals surface area (Å²) in [5.74, 6) is 0.0892. The summed E-state index contributed by atoms with van der Waals surface area (Å²) in [6.45, 7) is 4.21. The molecule has 1 aromatic carbocycles. The smallest absolute Gasteiger partial charge is 0.224 e. The maximum absolute atomic E-state index is 11.9. The first-order chi connectivity index (χ1) is 10.1. The predicted molar refractivity (Wildman–Crippen MR) is 92.0 cm³/mol. The molecule has 0 atom stereocenters. The van der Waals surface area contributed by atoms with Gasteiger partial charge in [0.25, 0.3) is 0 Å². The van der Waals surface area contributed by atoms with Gasteiger partial charge in [0.05, 0.1) is 0 Å². The van der Waals surface area contributed by atoms with Crippen molar-refractivity contribution in [1.82, 2.24) is 0 Å². The number of halogens is 1. The van der Waals surface area contributed by atoms with Crippen LogP contribution < -0.4 is 5.32 Å². The predicted octanol–water partition coefficient (Wildman–Crippen LogP) is 6.12. The van der Waals surface area contributed by atoms with Crippen LogP contribution in [0.5, 0.6) is 0 Å². The van der Waals surface area contributed by atoms with Crippen molar-refractivity contribution in [1.29, 1.82) is 0 Å². The molecule has 0 heterocycles. The summed E-state index contributed by atoms with van der Waals surface area (Å²) < 4.78 is 0. The van der Waals surface area contributed by atoms with E-state index in [9.17, 15) is 4.79 Å². The average Bonchev–Trinajstić information content (AvgIpc) is 2.46. The van der Waals surface area contributed by atoms with Crippen LogP contribution in [-0.2, 0) is 4.79 Å². The number of benzene rings is 1. The Morgan fingerprint density at radius 2 is 1.67 bits per heavy atom. The lowest BCUT2D eigenvalue weighted by Gasteiger charge is -2.08. The summed E-state index contributed by atoms with van der Waals surface area (Å²) in [6, 6.07) is 5.57. The van der Waals surface area contributed by atoms with Crippen LogP contribution in [0.25, 0.3) is 0 Å². The van der Waals surface area contributed by atoms with Gasteiger partial charge >= 0.3 is 0 Å². The second kappa shape index (κ2) is 10.7. The van der Waals surface area contributed by atoms with E-state index in [1.807, 2.05) is 25.1 Å². The highest BCUT2D eigenvalue weighted by Gasteiger charge is 2.05. The Kier molecular flexibility index (Phi) is 9.16. The van der Waals surface area contributed by atoms with Crippen LogP contribution in [0.1, 0.15) is 70.3 Å². The number of rotatable bonds is 10. The van der Waals surface area contributed by atoms with Gasteiger partial charge in [-0.1, -0.05) is 69.5 Å². The molecule has 1 aromatic rings. The summed E-state index contributed by atoms with van der Waals surface area (Å²) in [5.41, 5.74) is 1.87. The topological polar surface area (TPSA) is 29.1 Å². The minimum absolute atomic E-state index is 0.0892. The second-order valence-electron chi connectivity index (χ2n) is 5.73. The Morgan fingerprint density at radius 1 is 1.05 bits per heavy atom. The van der Waals surface area contributed by atoms with Gasteiger partial charge in [0.2, 0.25) is 5.91 Å². The molecule has 0 radical (unpaired) electrons. The van der Waals surface area contributed by atoms with E-state index in [4.69, 9.17) is 11.6 Å². The van der Waals surface area contributed by atoms with Gasteiger partial charge in [0.15, 0.2) is 0 Å². The van der Waals surface area contributed by atoms with Gasteiger partial charge < -0.3 is 5.32 Å². The highest BCUT2D eigenvalue weighted by atomic mass is 35.5. The van der Waals surface area contributed by atoms with E-state index in [0.717, 1.165) is 24.1 Å². The fourth-order valence-electron chi connectivity index (χ4n) is 2.36. The molecule has 0 saturated heterocycles. The molecule has 1 amide bonds. The van der Waals surface area contributed by atoms with E-state index in [-0.39, 0.29) is 5.91 Å². The first-order valence-corrected chi connectivity index (χ1v) is 8.57. The van der Waals surface area contributed by atoms with Crippen molar-refractivity contribution in [2.75, 3.05) is 5.32 Å². The Balaban J connectivity index is 2.13. The average molecular weight is 310 g/mol. The van der Waals surface area contributed by atoms with E-state index in [2.05, 4.69) is 12.2 Å². The number of anilines is 1. The second-order valence-corrected chi connectivity index (χ2v) is 6.17. The molecule has 0 spiro atoms. The molecule has 0 fully saturated rings. The van der Waals surface area contributed by atoms with Gasteiger partial charge in [0, 0.05) is 17.1 Å². The quantitative estimate of drug-likeness (QED) is 0.518. The third-order valence-corrected chi connectivity index (χ3v) is 3.97. The number of unbranched alkanes of at least 4 members (excludes halogenated alkanes) is 7. The van der Waals surface area contributed by atoms with Crippen LogP contribution in [0.4, 0.5) is 5.69 Å². The van der Waals surface area contributed by atoms with Crippen molar-refractivity contribution in [3.05, 3.63) is 28.8 Å². The van der Waals surface area contributed by atoms with E-state index in [1.165, 1.54) is 38.5 Å². The van der Waals surface area contributed by atoms with Crippen LogP contribution in [0.15, 0.2) is 18.2 Å². The largest absolute Gasteiger partial charge is 0.326 e. The summed E-state index contributed by atoms with van der Waals surface area (Å²) in [4.78, 5) is 11.9. The van der Waals surface area contributed by atoms with Gasteiger partial charge in [-0.3, -0.25) is 4.79 Å². The number of hydrogen-bond acceptors (Lipinski definition) is 1. The monoisotopic (exact) mass is 309 g/mol. The summed E-state index contributed by atoms with van der Waals surface area (Å²) in [5, 5.41) is 3.60. The first-order valence-electron chi connectivity index (χ1n) is 8.19. The fraction of sp³-hybridized carbons (Fsp3) is 0.611. The zero-order valence-corrected chi connectivity index (χ0v) is 14.1. The normalized spacial score (nSPS) is 10.6. The van der Waals surface area contributed by atoms with E-state index >= 15 is 0 Å². The third-order valence-electron chi connectivity index (χ3n) is 3.73. The molecule has 1 rings (SSSR count). The third kappa shape index (κ3) is 8.11. The van der Waals surface area contributed by atoms with Gasteiger partial charge in [-0.15, -0.1) is 0 Å². The van der Waals surface area contributed by atoms with Crippen molar-refractivity contribution < 1.29 is 4.79 Å². The summed E-state index contributed by atoms with van der Waals surface area (Å²) >= 11 is 5.95. The Morgan fingerprint density at radius 3 is 2.33 bits per heavy atom. The molecule has 0 saturated carbocycles. The lowest BCUT2D eigenvalue weighted by Crippen LogP contribution is -2.12. The van der Waals surface area contributed by atoms with Crippen LogP contribution in [-0.4, -0.2) is 5.91 Å². The van der Waals surface area contributed by atoms with Gasteiger partial charge in [-0.2, -0.15) is 0 Å². The summed E-state index contributed by atoms with van der Waals surface area (Å²) in [6.07, 6.45) is 10.6. The lowest BCUT2D eigenvalue weighted by molar-refractivity contribution is -0.116. The molecule has 0 aromatic heterocycles. The zero-order valence-electron chi connectivity index (χ0n) is 13.4. The standard InChI is InChI=1S/C18H28ClNO/c1-3-4-5-6-7-8-9-10-11-18(21)20-17-14-16(19)13-12-15(17)2/h12-14H,3-11H2,1-2H3,(H,20,21). The van der Waals surface area contributed by atoms with Gasteiger partial charge in [-0.25, -0.2) is 0 Å². The Hall–Kier alpha value is -1.02. The van der Waals surface area contributed by atoms with Crippen LogP contribution >= 0.6 is 11.6 Å². The lowest BCUT2D eigenvalue weighted by atomic mass is 10.1. The van der Waals surface area contributed by atoms with Crippen molar-refractivity contribution >= 4 is 23.2 Å². The molecule has 0 unspecified atom stereocenters. The van der Waals surface area contributed by atoms with E-state index < -0.39 is 0 Å². The highest BCUT2D eigenvalue weighted by Crippen LogP contribution is 2.20. The molecule has 0 aliphatic heterocycles. The van der Waals surface area contributed by atoms with Crippen molar-refractivity contribution in [2.45, 2.75) is 71.6 Å². The minimum atomic E-state index is 0.0892. The maximum atomic E-state index is 11.9. The zero-order chi connectivity index (χ0) is 15.5. The molecule has 0 aliphatic carbocycles. The number of aryl methyl sites for hydroxylation is 1. The van der Waals surface area contributed by atoms with Gasteiger partial charge in [0.1, 0.15) is 0 Å². The maximum Gasteiger partial charge on any atom is 0.224 e. The SMILES string of the molecule is CCCCCCCCCCC(=O)Nc1cc(Cl)ccc1C. The molecule has 0 aliphatic rings. The Labute approximate surface area is 134 Å². The molecule has 2 nitrogen and oxygen atoms in total. The molecule has 0 bridgehead atoms. The minimum Gasteiger partial charge on any atom is -0.326 e. The molecule has 118 valence electrons. The van der Waals surface area contributed by atoms with Crippen LogP contribution in [0, 0.1) is 6.92 Å². The van der Waals surface area contributed by atoms with Crippen LogP contribution in [0.2, 0.25) is 5.02 Å². The van der Waals surface area contributed by atoms with Crippen molar-refractivity contribution in [3.63, 3.8) is 0 Å². The van der Waals surface area contributed by atoms with Crippen molar-refractivity contribution in [2.24, 2.45) is 0 Å². The van der Waals surface area contributed by atoms with E-state index in [0.29, 0.717) is 11.4 Å². The van der Waals surface area contributed by atoms with E-state index in [1.54, 1.807) is 0 Å². The molecule has 3 heteroatoms. The molecule has 1 N–H and O–H groups in total. The number of hydrogen-bond donors (Lipinski definition) is 1. The van der Waals surface area contributed by atoms with Crippen LogP contribution in [0.3, 0.4) is 0 Å². The highest BCUT2D eigenvalue weighted by molar-refractivity contribution is 6.31. The van der Waals surface area contributed by atoms with Gasteiger partial charge in [-0.05, 0) is 31.0 Å². The molecule has 21 heavy (non-hydrogen) atoms. The first kappa shape index (κ1) is 18.0. The number of carbonyl (C=O) groups is 1. The van der Waals surface area contributed by atoms with Crippen molar-refractivity contribution in [3.8, 4) is 0 Å². The number of nitrogens with one attached hydrogen (secondary N) is 1.